The van der Waals surface area contributed by atoms with Crippen molar-refractivity contribution in [3.63, 3.8) is 0 Å². The molecular formula is C15H14BrO2. The number of hydrogen-bond acceptors (Lipinski definition) is 2. The standard InChI is InChI=1S/C15H14BrO2/c16-11-4-12-17-13-7-9-15(10-8-13)18-14-5-2-1-3-6-14/h1-3,5,7-10H,4,11-12H2. The van der Waals surface area contributed by atoms with Gasteiger partial charge < -0.3 is 9.47 Å². The van der Waals surface area contributed by atoms with E-state index in [0.29, 0.717) is 5.75 Å². The Labute approximate surface area is 116 Å². The number of alkyl halides is 1. The average Bonchev–Trinajstić information content (AvgIpc) is 2.42. The van der Waals surface area contributed by atoms with Crippen LogP contribution in [0.4, 0.5) is 0 Å². The molecule has 93 valence electrons. The highest BCUT2D eigenvalue weighted by Gasteiger charge is 1.98. The SMILES string of the molecule is BrCCCOc1ccc(Oc2[c]cccc2)cc1. The van der Waals surface area contributed by atoms with Crippen LogP contribution >= 0.6 is 15.9 Å². The highest BCUT2D eigenvalue weighted by Crippen LogP contribution is 2.23. The lowest BCUT2D eigenvalue weighted by Gasteiger charge is -2.07. The van der Waals surface area contributed by atoms with E-state index < -0.39 is 0 Å². The lowest BCUT2D eigenvalue weighted by molar-refractivity contribution is 0.318. The summed E-state index contributed by atoms with van der Waals surface area (Å²) >= 11 is 3.37. The Bertz CT molecular complexity index is 454. The Hall–Kier alpha value is -1.48. The van der Waals surface area contributed by atoms with Crippen LogP contribution in [0.1, 0.15) is 6.42 Å². The molecule has 18 heavy (non-hydrogen) atoms. The van der Waals surface area contributed by atoms with Crippen LogP contribution in [-0.2, 0) is 0 Å². The highest BCUT2D eigenvalue weighted by molar-refractivity contribution is 9.09. The Balaban J connectivity index is 1.91. The van der Waals surface area contributed by atoms with Gasteiger partial charge in [0.15, 0.2) is 0 Å². The number of halogens is 1. The van der Waals surface area contributed by atoms with Gasteiger partial charge in [-0.3, -0.25) is 0 Å². The molecule has 0 aromatic heterocycles. The van der Waals surface area contributed by atoms with E-state index in [2.05, 4.69) is 22.0 Å². The number of hydrogen-bond donors (Lipinski definition) is 0. The van der Waals surface area contributed by atoms with Crippen LogP contribution in [0.3, 0.4) is 0 Å². The van der Waals surface area contributed by atoms with Crippen molar-refractivity contribution < 1.29 is 9.47 Å². The zero-order valence-electron chi connectivity index (χ0n) is 9.93. The largest absolute Gasteiger partial charge is 0.494 e. The summed E-state index contributed by atoms with van der Waals surface area (Å²) in [6.45, 7) is 0.720. The van der Waals surface area contributed by atoms with Crippen molar-refractivity contribution in [2.45, 2.75) is 6.42 Å². The minimum atomic E-state index is 0.713. The van der Waals surface area contributed by atoms with Gasteiger partial charge in [0.25, 0.3) is 0 Å². The highest BCUT2D eigenvalue weighted by atomic mass is 79.9. The van der Waals surface area contributed by atoms with Crippen LogP contribution in [0.25, 0.3) is 0 Å². The van der Waals surface area contributed by atoms with Crippen molar-refractivity contribution in [1.29, 1.82) is 0 Å². The minimum absolute atomic E-state index is 0.713. The van der Waals surface area contributed by atoms with Crippen molar-refractivity contribution in [3.05, 3.63) is 54.6 Å². The first-order valence-electron chi connectivity index (χ1n) is 5.82. The van der Waals surface area contributed by atoms with Crippen molar-refractivity contribution >= 4 is 15.9 Å². The molecule has 0 aliphatic heterocycles. The quantitative estimate of drug-likeness (QED) is 0.580. The Morgan fingerprint density at radius 2 is 1.78 bits per heavy atom. The van der Waals surface area contributed by atoms with E-state index in [9.17, 15) is 0 Å². The molecule has 2 rings (SSSR count). The second-order valence-electron chi connectivity index (χ2n) is 3.69. The molecule has 0 saturated heterocycles. The van der Waals surface area contributed by atoms with Gasteiger partial charge in [-0.15, -0.1) is 0 Å². The molecule has 0 aliphatic rings. The van der Waals surface area contributed by atoms with Crippen molar-refractivity contribution in [2.75, 3.05) is 11.9 Å². The fourth-order valence-corrected chi connectivity index (χ4v) is 1.64. The molecule has 2 nitrogen and oxygen atoms in total. The van der Waals surface area contributed by atoms with Gasteiger partial charge in [0.2, 0.25) is 0 Å². The summed E-state index contributed by atoms with van der Waals surface area (Å²) in [5.74, 6) is 2.36. The van der Waals surface area contributed by atoms with Crippen LogP contribution < -0.4 is 9.47 Å². The van der Waals surface area contributed by atoms with E-state index >= 15 is 0 Å². The van der Waals surface area contributed by atoms with Crippen LogP contribution in [0.2, 0.25) is 0 Å². The summed E-state index contributed by atoms with van der Waals surface area (Å²) in [7, 11) is 0. The molecule has 0 unspecified atom stereocenters. The van der Waals surface area contributed by atoms with E-state index in [1.807, 2.05) is 48.5 Å². The summed E-state index contributed by atoms with van der Waals surface area (Å²) in [4.78, 5) is 0. The summed E-state index contributed by atoms with van der Waals surface area (Å²) in [5.41, 5.74) is 0. The predicted octanol–water partition coefficient (Wildman–Crippen LogP) is 4.44. The zero-order chi connectivity index (χ0) is 12.6. The van der Waals surface area contributed by atoms with Gasteiger partial charge in [-0.1, -0.05) is 34.1 Å². The molecule has 0 aliphatic carbocycles. The molecule has 0 N–H and O–H groups in total. The third-order valence-electron chi connectivity index (χ3n) is 2.28. The van der Waals surface area contributed by atoms with Crippen molar-refractivity contribution in [2.24, 2.45) is 0 Å². The van der Waals surface area contributed by atoms with Crippen LogP contribution in [0, 0.1) is 6.07 Å². The summed E-state index contributed by atoms with van der Waals surface area (Å²) in [6, 6.07) is 18.2. The van der Waals surface area contributed by atoms with E-state index in [-0.39, 0.29) is 0 Å². The lowest BCUT2D eigenvalue weighted by Crippen LogP contribution is -1.97. The van der Waals surface area contributed by atoms with Crippen LogP contribution in [-0.4, -0.2) is 11.9 Å². The molecule has 2 aromatic carbocycles. The van der Waals surface area contributed by atoms with Gasteiger partial charge >= 0.3 is 0 Å². The smallest absolute Gasteiger partial charge is 0.135 e. The van der Waals surface area contributed by atoms with Gasteiger partial charge in [0.05, 0.1) is 6.61 Å². The molecule has 0 saturated carbocycles. The fourth-order valence-electron chi connectivity index (χ4n) is 1.42. The number of rotatable bonds is 6. The molecule has 1 radical (unpaired) electrons. The number of para-hydroxylation sites is 1. The van der Waals surface area contributed by atoms with E-state index in [4.69, 9.17) is 9.47 Å². The predicted molar refractivity (Wildman–Crippen MR) is 75.7 cm³/mol. The minimum Gasteiger partial charge on any atom is -0.494 e. The third-order valence-corrected chi connectivity index (χ3v) is 2.84. The fraction of sp³-hybridized carbons (Fsp3) is 0.200. The first-order valence-corrected chi connectivity index (χ1v) is 6.94. The summed E-state index contributed by atoms with van der Waals surface area (Å²) in [6.07, 6.45) is 0.997. The summed E-state index contributed by atoms with van der Waals surface area (Å²) in [5, 5.41) is 0.956. The van der Waals surface area contributed by atoms with Gasteiger partial charge in [0.1, 0.15) is 17.2 Å². The Kier molecular flexibility index (Phi) is 5.09. The first-order chi connectivity index (χ1) is 8.88. The molecule has 0 bridgehead atoms. The molecule has 0 amide bonds. The van der Waals surface area contributed by atoms with Gasteiger partial charge in [-0.05, 0) is 36.8 Å². The maximum atomic E-state index is 5.64. The zero-order valence-corrected chi connectivity index (χ0v) is 11.5. The molecular weight excluding hydrogens is 292 g/mol. The number of ether oxygens (including phenoxy) is 2. The van der Waals surface area contributed by atoms with Crippen LogP contribution in [0.15, 0.2) is 48.5 Å². The molecule has 0 heterocycles. The average molecular weight is 306 g/mol. The topological polar surface area (TPSA) is 18.5 Å². The maximum absolute atomic E-state index is 5.64. The molecule has 0 fully saturated rings. The van der Waals surface area contributed by atoms with E-state index in [1.54, 1.807) is 0 Å². The second-order valence-corrected chi connectivity index (χ2v) is 4.48. The van der Waals surface area contributed by atoms with Gasteiger partial charge in [-0.25, -0.2) is 0 Å². The second kappa shape index (κ2) is 7.07. The van der Waals surface area contributed by atoms with E-state index in [0.717, 1.165) is 29.9 Å². The number of benzene rings is 2. The van der Waals surface area contributed by atoms with E-state index in [1.165, 1.54) is 0 Å². The molecule has 0 spiro atoms. The molecule has 2 aromatic rings. The monoisotopic (exact) mass is 305 g/mol. The Morgan fingerprint density at radius 1 is 1.00 bits per heavy atom. The maximum Gasteiger partial charge on any atom is 0.135 e. The third kappa shape index (κ3) is 4.08. The van der Waals surface area contributed by atoms with Crippen molar-refractivity contribution in [3.8, 4) is 17.2 Å². The van der Waals surface area contributed by atoms with Crippen molar-refractivity contribution in [1.82, 2.24) is 0 Å². The van der Waals surface area contributed by atoms with Gasteiger partial charge in [0, 0.05) is 11.4 Å². The normalized spacial score (nSPS) is 10.1. The van der Waals surface area contributed by atoms with Crippen LogP contribution in [0.5, 0.6) is 17.2 Å². The molecule has 0 atom stereocenters. The Morgan fingerprint density at radius 3 is 2.44 bits per heavy atom. The molecule has 3 heteroatoms. The first kappa shape index (κ1) is 13.0. The van der Waals surface area contributed by atoms with Gasteiger partial charge in [-0.2, -0.15) is 0 Å². The lowest BCUT2D eigenvalue weighted by atomic mass is 10.3. The summed E-state index contributed by atoms with van der Waals surface area (Å²) < 4.78 is 11.2.